The van der Waals surface area contributed by atoms with Crippen LogP contribution in [0.25, 0.3) is 16.8 Å². The fourth-order valence-electron chi connectivity index (χ4n) is 7.95. The molecule has 0 bridgehead atoms. The molecule has 296 valence electrons. The van der Waals surface area contributed by atoms with E-state index in [1.54, 1.807) is 11.1 Å². The van der Waals surface area contributed by atoms with Crippen LogP contribution in [-0.2, 0) is 19.1 Å². The number of ether oxygens (including phenoxy) is 4. The highest BCUT2D eigenvalue weighted by Gasteiger charge is 2.41. The van der Waals surface area contributed by atoms with E-state index in [0.29, 0.717) is 54.8 Å². The Morgan fingerprint density at radius 2 is 1.50 bits per heavy atom. The minimum absolute atomic E-state index is 0.0238. The highest BCUT2D eigenvalue weighted by molar-refractivity contribution is 6.05. The first-order valence-corrected chi connectivity index (χ1v) is 19.2. The number of H-pyrrole nitrogens is 1. The minimum atomic E-state index is -0.712. The number of alkyl carbamates (subject to hydrolysis) is 2. The molecule has 15 heteroatoms. The fourth-order valence-corrected chi connectivity index (χ4v) is 7.95. The average molecular weight is 768 g/mol. The summed E-state index contributed by atoms with van der Waals surface area (Å²) in [6.45, 7) is 8.84. The Kier molecular flexibility index (Phi) is 11.1. The SMILES string of the molecule is COC(=O)N[C@H](C(=O)C1CCN[C@H]1C1=NC=C(c2ccc3c(c2)Oc2ccc(-c4cnc([C@@H]5CCCN5C(=O)[C@@H](NC(=O)OC)C(C)C)[nH]4)cc2O3)C1)C(C)C. The molecular weight excluding hydrogens is 718 g/mol. The first kappa shape index (κ1) is 38.6. The van der Waals surface area contributed by atoms with E-state index in [-0.39, 0.29) is 41.5 Å². The van der Waals surface area contributed by atoms with Crippen molar-refractivity contribution in [2.24, 2.45) is 22.7 Å². The van der Waals surface area contributed by atoms with Crippen molar-refractivity contribution in [3.05, 3.63) is 60.2 Å². The van der Waals surface area contributed by atoms with E-state index in [4.69, 9.17) is 23.9 Å². The molecule has 3 aromatic rings. The molecule has 2 saturated heterocycles. The standard InChI is InChI=1S/C41H49N7O8/c1-21(2)34(46-40(51)53-5)37(49)26-13-14-42-36(26)27-16-25(19-43-27)23-9-11-30-32(17-23)55-31-12-10-24(18-33(31)56-30)28-20-44-38(45-28)29-8-7-15-48(29)39(50)35(22(3)4)47-41(52)54-6/h9-12,17-22,26,29,34-36,42H,7-8,13-16H2,1-6H3,(H,44,45)(H,46,51)(H,47,52)/t26?,29-,34-,35-,36+/m0/s1. The zero-order valence-electron chi connectivity index (χ0n) is 32.5. The van der Waals surface area contributed by atoms with Gasteiger partial charge in [-0.25, -0.2) is 14.6 Å². The molecule has 2 fully saturated rings. The lowest BCUT2D eigenvalue weighted by Crippen LogP contribution is -2.51. The van der Waals surface area contributed by atoms with Crippen molar-refractivity contribution in [2.45, 2.75) is 77.5 Å². The number of Topliss-reactive ketones (excluding diaryl/α,β-unsaturated/α-hetero) is 1. The molecule has 4 aliphatic heterocycles. The van der Waals surface area contributed by atoms with E-state index in [1.807, 2.05) is 70.3 Å². The highest BCUT2D eigenvalue weighted by atomic mass is 16.6. The molecule has 3 amide bonds. The van der Waals surface area contributed by atoms with Crippen molar-refractivity contribution >= 4 is 35.2 Å². The molecule has 0 spiro atoms. The molecule has 4 aliphatic rings. The predicted molar refractivity (Wildman–Crippen MR) is 208 cm³/mol. The largest absolute Gasteiger partial charge is 0.453 e. The second-order valence-electron chi connectivity index (χ2n) is 15.3. The van der Waals surface area contributed by atoms with E-state index in [2.05, 4.69) is 25.9 Å². The number of aliphatic imine (C=N–C) groups is 1. The third-order valence-corrected chi connectivity index (χ3v) is 11.0. The van der Waals surface area contributed by atoms with Gasteiger partial charge in [0.05, 0.1) is 44.2 Å². The number of likely N-dealkylation sites (tertiary alicyclic amines) is 1. The number of methoxy groups -OCH3 is 2. The number of carbonyl (C=O) groups is 4. The summed E-state index contributed by atoms with van der Waals surface area (Å²) in [7, 11) is 2.57. The van der Waals surface area contributed by atoms with Crippen molar-refractivity contribution in [2.75, 3.05) is 27.3 Å². The number of imidazole rings is 1. The van der Waals surface area contributed by atoms with Gasteiger partial charge in [-0.1, -0.05) is 33.8 Å². The van der Waals surface area contributed by atoms with E-state index in [1.165, 1.54) is 14.2 Å². The summed E-state index contributed by atoms with van der Waals surface area (Å²) in [5, 5.41) is 8.87. The van der Waals surface area contributed by atoms with Crippen molar-refractivity contribution in [1.29, 1.82) is 0 Å². The van der Waals surface area contributed by atoms with E-state index < -0.39 is 24.3 Å². The minimum Gasteiger partial charge on any atom is -0.453 e. The van der Waals surface area contributed by atoms with Gasteiger partial charge in [-0.05, 0) is 79.1 Å². The maximum atomic E-state index is 13.6. The number of benzene rings is 2. The summed E-state index contributed by atoms with van der Waals surface area (Å²) in [5.74, 6) is 2.22. The lowest BCUT2D eigenvalue weighted by Gasteiger charge is -2.30. The van der Waals surface area contributed by atoms with Crippen LogP contribution in [0.1, 0.15) is 70.8 Å². The van der Waals surface area contributed by atoms with Gasteiger partial charge in [-0.2, -0.15) is 0 Å². The first-order chi connectivity index (χ1) is 26.9. The molecule has 1 unspecified atom stereocenters. The Morgan fingerprint density at radius 1 is 0.857 bits per heavy atom. The number of hydrogen-bond donors (Lipinski definition) is 4. The summed E-state index contributed by atoms with van der Waals surface area (Å²) < 4.78 is 22.2. The van der Waals surface area contributed by atoms with Crippen LogP contribution >= 0.6 is 0 Å². The second kappa shape index (κ2) is 16.2. The summed E-state index contributed by atoms with van der Waals surface area (Å²) in [5.41, 5.74) is 4.42. The van der Waals surface area contributed by atoms with E-state index in [0.717, 1.165) is 40.9 Å². The van der Waals surface area contributed by atoms with Crippen LogP contribution in [0.2, 0.25) is 0 Å². The molecule has 0 radical (unpaired) electrons. The molecule has 0 saturated carbocycles. The molecule has 5 heterocycles. The van der Waals surface area contributed by atoms with Gasteiger partial charge in [0.2, 0.25) is 5.91 Å². The maximum Gasteiger partial charge on any atom is 0.407 e. The van der Waals surface area contributed by atoms with Gasteiger partial charge in [0.1, 0.15) is 11.9 Å². The molecule has 0 aliphatic carbocycles. The van der Waals surface area contributed by atoms with E-state index in [9.17, 15) is 19.2 Å². The van der Waals surface area contributed by atoms with Crippen LogP contribution in [0, 0.1) is 17.8 Å². The van der Waals surface area contributed by atoms with Gasteiger partial charge in [0.15, 0.2) is 28.8 Å². The first-order valence-electron chi connectivity index (χ1n) is 19.2. The van der Waals surface area contributed by atoms with Crippen LogP contribution in [0.15, 0.2) is 53.8 Å². The molecule has 56 heavy (non-hydrogen) atoms. The van der Waals surface area contributed by atoms with Gasteiger partial charge in [0, 0.05) is 36.4 Å². The lowest BCUT2D eigenvalue weighted by molar-refractivity contribution is -0.135. The maximum absolute atomic E-state index is 13.6. The molecule has 4 N–H and O–H groups in total. The zero-order chi connectivity index (χ0) is 39.7. The van der Waals surface area contributed by atoms with E-state index >= 15 is 0 Å². The number of fused-ring (bicyclic) bond motifs is 2. The Morgan fingerprint density at radius 3 is 2.16 bits per heavy atom. The average Bonchev–Trinajstić information content (AvgIpc) is 4.03. The summed E-state index contributed by atoms with van der Waals surface area (Å²) >= 11 is 0. The number of allylic oxidation sites excluding steroid dienone is 1. The molecule has 7 rings (SSSR count). The normalized spacial score (nSPS) is 20.9. The summed E-state index contributed by atoms with van der Waals surface area (Å²) in [6.07, 6.45) is 5.13. The van der Waals surface area contributed by atoms with Gasteiger partial charge in [-0.15, -0.1) is 0 Å². The smallest absolute Gasteiger partial charge is 0.407 e. The zero-order valence-corrected chi connectivity index (χ0v) is 32.5. The predicted octanol–water partition coefficient (Wildman–Crippen LogP) is 6.13. The van der Waals surface area contributed by atoms with Crippen molar-refractivity contribution in [3.8, 4) is 34.3 Å². The molecule has 2 aromatic carbocycles. The Labute approximate surface area is 325 Å². The molecular formula is C41H49N7O8. The number of carbonyl (C=O) groups excluding carboxylic acids is 4. The number of aromatic amines is 1. The van der Waals surface area contributed by atoms with Gasteiger partial charge in [0.25, 0.3) is 0 Å². The number of amides is 3. The topological polar surface area (TPSA) is 186 Å². The lowest BCUT2D eigenvalue weighted by atomic mass is 9.84. The van der Waals surface area contributed by atoms with Gasteiger partial charge >= 0.3 is 12.2 Å². The van der Waals surface area contributed by atoms with Crippen LogP contribution in [0.5, 0.6) is 23.0 Å². The molecule has 15 nitrogen and oxygen atoms in total. The van der Waals surface area contributed by atoms with Crippen molar-refractivity contribution in [1.82, 2.24) is 30.8 Å². The second-order valence-corrected chi connectivity index (χ2v) is 15.3. The Hall–Kier alpha value is -5.70. The quantitative estimate of drug-likeness (QED) is 0.138. The van der Waals surface area contributed by atoms with Gasteiger partial charge in [-0.3, -0.25) is 14.6 Å². The van der Waals surface area contributed by atoms with Crippen molar-refractivity contribution < 1.29 is 38.1 Å². The number of nitrogens with one attached hydrogen (secondary N) is 4. The third kappa shape index (κ3) is 7.72. The number of ketones is 1. The van der Waals surface area contributed by atoms with Crippen LogP contribution in [0.3, 0.4) is 0 Å². The number of rotatable bonds is 11. The summed E-state index contributed by atoms with van der Waals surface area (Å²) in [4.78, 5) is 65.8. The Bertz CT molecular complexity index is 2070. The highest BCUT2D eigenvalue weighted by Crippen LogP contribution is 2.48. The number of aromatic nitrogens is 2. The van der Waals surface area contributed by atoms with Crippen LogP contribution in [-0.4, -0.2) is 89.9 Å². The van der Waals surface area contributed by atoms with Crippen molar-refractivity contribution in [3.63, 3.8) is 0 Å². The van der Waals surface area contributed by atoms with Crippen LogP contribution in [0.4, 0.5) is 9.59 Å². The Balaban J connectivity index is 1.00. The third-order valence-electron chi connectivity index (χ3n) is 11.0. The molecule has 5 atom stereocenters. The van der Waals surface area contributed by atoms with Crippen LogP contribution < -0.4 is 25.4 Å². The number of nitrogens with zero attached hydrogens (tertiary/aromatic N) is 3. The number of hydrogen-bond acceptors (Lipinski definition) is 11. The monoisotopic (exact) mass is 767 g/mol. The van der Waals surface area contributed by atoms with Gasteiger partial charge < -0.3 is 44.8 Å². The molecule has 1 aromatic heterocycles. The fraction of sp³-hybridized carbons (Fsp3) is 0.463. The summed E-state index contributed by atoms with van der Waals surface area (Å²) in [6, 6.07) is 9.63.